The van der Waals surface area contributed by atoms with Gasteiger partial charge in [0.2, 0.25) is 0 Å². The predicted octanol–water partition coefficient (Wildman–Crippen LogP) is 3.46. The molecule has 0 aliphatic carbocycles. The molecule has 0 amide bonds. The second-order valence-corrected chi connectivity index (χ2v) is 7.04. The van der Waals surface area contributed by atoms with E-state index in [9.17, 15) is 8.42 Å². The summed E-state index contributed by atoms with van der Waals surface area (Å²) in [6.45, 7) is 0. The molecular formula is C13H10O2S2. The van der Waals surface area contributed by atoms with Crippen LogP contribution in [0.15, 0.2) is 47.4 Å². The summed E-state index contributed by atoms with van der Waals surface area (Å²) in [7, 11) is -3.17. The summed E-state index contributed by atoms with van der Waals surface area (Å²) in [4.78, 5) is 0.427. The smallest absolute Gasteiger partial charge is 0.176 e. The van der Waals surface area contributed by atoms with Crippen molar-refractivity contribution in [3.63, 3.8) is 0 Å². The van der Waals surface area contributed by atoms with Crippen molar-refractivity contribution in [2.45, 2.75) is 4.90 Å². The van der Waals surface area contributed by atoms with Crippen molar-refractivity contribution in [2.24, 2.45) is 0 Å². The van der Waals surface area contributed by atoms with Crippen LogP contribution in [0.4, 0.5) is 0 Å². The summed E-state index contributed by atoms with van der Waals surface area (Å²) >= 11 is 1.54. The molecule has 0 saturated carbocycles. The minimum absolute atomic E-state index is 0.427. The van der Waals surface area contributed by atoms with E-state index >= 15 is 0 Å². The van der Waals surface area contributed by atoms with E-state index in [4.69, 9.17) is 0 Å². The zero-order valence-corrected chi connectivity index (χ0v) is 10.8. The predicted molar refractivity (Wildman–Crippen MR) is 72.4 cm³/mol. The lowest BCUT2D eigenvalue weighted by Crippen LogP contribution is -1.96. The quantitative estimate of drug-likeness (QED) is 0.673. The molecule has 0 saturated heterocycles. The SMILES string of the molecule is CS(=O)(=O)c1cccc2c1sc1ccccc12. The summed E-state index contributed by atoms with van der Waals surface area (Å²) in [5, 5.41) is 2.14. The minimum Gasteiger partial charge on any atom is -0.224 e. The van der Waals surface area contributed by atoms with Crippen LogP contribution < -0.4 is 0 Å². The van der Waals surface area contributed by atoms with Crippen molar-refractivity contribution in [1.82, 2.24) is 0 Å². The maximum atomic E-state index is 11.7. The maximum Gasteiger partial charge on any atom is 0.176 e. The van der Waals surface area contributed by atoms with Crippen LogP contribution in [-0.2, 0) is 9.84 Å². The Morgan fingerprint density at radius 1 is 0.941 bits per heavy atom. The highest BCUT2D eigenvalue weighted by atomic mass is 32.2. The molecule has 0 N–H and O–H groups in total. The molecule has 0 aliphatic rings. The number of fused-ring (bicyclic) bond motifs is 3. The van der Waals surface area contributed by atoms with Crippen molar-refractivity contribution >= 4 is 41.3 Å². The van der Waals surface area contributed by atoms with Gasteiger partial charge >= 0.3 is 0 Å². The van der Waals surface area contributed by atoms with Crippen LogP contribution in [-0.4, -0.2) is 14.7 Å². The van der Waals surface area contributed by atoms with Gasteiger partial charge in [0.1, 0.15) is 0 Å². The Hall–Kier alpha value is -1.39. The highest BCUT2D eigenvalue weighted by molar-refractivity contribution is 7.91. The lowest BCUT2D eigenvalue weighted by Gasteiger charge is -1.99. The largest absolute Gasteiger partial charge is 0.224 e. The van der Waals surface area contributed by atoms with Gasteiger partial charge in [-0.05, 0) is 12.1 Å². The zero-order valence-electron chi connectivity index (χ0n) is 9.17. The van der Waals surface area contributed by atoms with Gasteiger partial charge in [0, 0.05) is 21.7 Å². The molecule has 3 aromatic rings. The molecule has 0 unspecified atom stereocenters. The highest BCUT2D eigenvalue weighted by Crippen LogP contribution is 2.37. The van der Waals surface area contributed by atoms with Crippen LogP contribution in [0.25, 0.3) is 20.2 Å². The molecule has 0 spiro atoms. The van der Waals surface area contributed by atoms with Gasteiger partial charge in [0.05, 0.1) is 9.60 Å². The standard InChI is InChI=1S/C13H10O2S2/c1-17(14,15)12-8-4-6-10-9-5-2-3-7-11(9)16-13(10)12/h2-8H,1H3. The van der Waals surface area contributed by atoms with Crippen molar-refractivity contribution in [1.29, 1.82) is 0 Å². The molecule has 0 radical (unpaired) electrons. The lowest BCUT2D eigenvalue weighted by atomic mass is 10.1. The van der Waals surface area contributed by atoms with Crippen molar-refractivity contribution in [3.8, 4) is 0 Å². The van der Waals surface area contributed by atoms with Crippen LogP contribution in [0.3, 0.4) is 0 Å². The molecule has 0 fully saturated rings. The van der Waals surface area contributed by atoms with E-state index < -0.39 is 9.84 Å². The van der Waals surface area contributed by atoms with E-state index in [-0.39, 0.29) is 0 Å². The van der Waals surface area contributed by atoms with E-state index in [0.29, 0.717) is 4.90 Å². The molecule has 2 aromatic carbocycles. The second-order valence-electron chi connectivity index (χ2n) is 4.00. The molecule has 3 rings (SSSR count). The molecule has 1 heterocycles. The van der Waals surface area contributed by atoms with E-state index in [1.807, 2.05) is 30.3 Å². The van der Waals surface area contributed by atoms with Gasteiger partial charge in [0.15, 0.2) is 9.84 Å². The maximum absolute atomic E-state index is 11.7. The topological polar surface area (TPSA) is 34.1 Å². The number of rotatable bonds is 1. The van der Waals surface area contributed by atoms with E-state index in [2.05, 4.69) is 0 Å². The van der Waals surface area contributed by atoms with E-state index in [0.717, 1.165) is 20.2 Å². The fourth-order valence-electron chi connectivity index (χ4n) is 2.01. The Bertz CT molecular complexity index is 814. The van der Waals surface area contributed by atoms with Gasteiger partial charge in [-0.1, -0.05) is 30.3 Å². The summed E-state index contributed by atoms with van der Waals surface area (Å²) in [5.41, 5.74) is 0. The third kappa shape index (κ3) is 1.64. The van der Waals surface area contributed by atoms with Crippen LogP contribution in [0.5, 0.6) is 0 Å². The van der Waals surface area contributed by atoms with Gasteiger partial charge in [-0.3, -0.25) is 0 Å². The van der Waals surface area contributed by atoms with Gasteiger partial charge in [0.25, 0.3) is 0 Å². The third-order valence-corrected chi connectivity index (χ3v) is 5.26. The molecule has 0 aliphatic heterocycles. The van der Waals surface area contributed by atoms with Crippen LogP contribution in [0.2, 0.25) is 0 Å². The third-order valence-electron chi connectivity index (χ3n) is 2.77. The molecule has 0 bridgehead atoms. The van der Waals surface area contributed by atoms with E-state index in [1.165, 1.54) is 17.6 Å². The van der Waals surface area contributed by atoms with Gasteiger partial charge in [-0.25, -0.2) is 8.42 Å². The summed E-state index contributed by atoms with van der Waals surface area (Å²) in [6, 6.07) is 13.4. The van der Waals surface area contributed by atoms with Crippen LogP contribution in [0.1, 0.15) is 0 Å². The normalized spacial score (nSPS) is 12.3. The molecule has 4 heteroatoms. The summed E-state index contributed by atoms with van der Waals surface area (Å²) in [5.74, 6) is 0. The zero-order chi connectivity index (χ0) is 12.0. The molecule has 86 valence electrons. The molecular weight excluding hydrogens is 252 g/mol. The first-order valence-electron chi connectivity index (χ1n) is 5.18. The average Bonchev–Trinajstić information content (AvgIpc) is 2.65. The van der Waals surface area contributed by atoms with Gasteiger partial charge < -0.3 is 0 Å². The summed E-state index contributed by atoms with van der Waals surface area (Å²) in [6.07, 6.45) is 1.26. The fraction of sp³-hybridized carbons (Fsp3) is 0.0769. The number of benzene rings is 2. The highest BCUT2D eigenvalue weighted by Gasteiger charge is 2.14. The van der Waals surface area contributed by atoms with Gasteiger partial charge in [-0.2, -0.15) is 0 Å². The fourth-order valence-corrected chi connectivity index (χ4v) is 4.48. The summed E-state index contributed by atoms with van der Waals surface area (Å²) < 4.78 is 25.4. The average molecular weight is 262 g/mol. The molecule has 2 nitrogen and oxygen atoms in total. The number of hydrogen-bond donors (Lipinski definition) is 0. The van der Waals surface area contributed by atoms with Crippen molar-refractivity contribution in [3.05, 3.63) is 42.5 Å². The number of sulfone groups is 1. The second kappa shape index (κ2) is 3.55. The number of hydrogen-bond acceptors (Lipinski definition) is 3. The Morgan fingerprint density at radius 2 is 1.65 bits per heavy atom. The molecule has 1 aromatic heterocycles. The van der Waals surface area contributed by atoms with Crippen molar-refractivity contribution < 1.29 is 8.42 Å². The lowest BCUT2D eigenvalue weighted by molar-refractivity contribution is 0.603. The van der Waals surface area contributed by atoms with Gasteiger partial charge in [-0.15, -0.1) is 11.3 Å². The minimum atomic E-state index is -3.17. The first-order chi connectivity index (χ1) is 8.07. The first kappa shape index (κ1) is 10.7. The molecule has 17 heavy (non-hydrogen) atoms. The number of thiophene rings is 1. The first-order valence-corrected chi connectivity index (χ1v) is 7.88. The van der Waals surface area contributed by atoms with E-state index in [1.54, 1.807) is 12.1 Å². The Kier molecular flexibility index (Phi) is 2.24. The molecule has 0 atom stereocenters. The Labute approximate surface area is 103 Å². The van der Waals surface area contributed by atoms with Crippen LogP contribution >= 0.6 is 11.3 Å². The Balaban J connectivity index is 2.57. The van der Waals surface area contributed by atoms with Crippen LogP contribution in [0, 0.1) is 0 Å². The monoisotopic (exact) mass is 262 g/mol. The Morgan fingerprint density at radius 3 is 2.41 bits per heavy atom. The van der Waals surface area contributed by atoms with Crippen molar-refractivity contribution in [2.75, 3.05) is 6.26 Å².